The van der Waals surface area contributed by atoms with E-state index in [-0.39, 0.29) is 0 Å². The van der Waals surface area contributed by atoms with E-state index in [9.17, 15) is 9.59 Å². The molecule has 0 aliphatic carbocycles. The van der Waals surface area contributed by atoms with Gasteiger partial charge in [-0.05, 0) is 34.8 Å². The van der Waals surface area contributed by atoms with E-state index in [1.54, 1.807) is 19.4 Å². The molecule has 0 aromatic carbocycles. The molecule has 1 aromatic heterocycles. The molecule has 19 heavy (non-hydrogen) atoms. The van der Waals surface area contributed by atoms with Gasteiger partial charge in [0.05, 0.1) is 5.56 Å². The Morgan fingerprint density at radius 1 is 1.53 bits per heavy atom. The van der Waals surface area contributed by atoms with Crippen LogP contribution < -0.4 is 5.32 Å². The summed E-state index contributed by atoms with van der Waals surface area (Å²) < 4.78 is 5.51. The van der Waals surface area contributed by atoms with Crippen LogP contribution in [0.25, 0.3) is 0 Å². The molecule has 104 valence electrons. The van der Waals surface area contributed by atoms with Gasteiger partial charge in [-0.25, -0.2) is 4.79 Å². The molecule has 1 aromatic rings. The van der Waals surface area contributed by atoms with E-state index >= 15 is 0 Å². The van der Waals surface area contributed by atoms with Crippen LogP contribution in [0.1, 0.15) is 23.2 Å². The van der Waals surface area contributed by atoms with Crippen molar-refractivity contribution in [2.24, 2.45) is 0 Å². The summed E-state index contributed by atoms with van der Waals surface area (Å²) in [6, 6.07) is 0.651. The van der Waals surface area contributed by atoms with Crippen LogP contribution in [0.2, 0.25) is 0 Å². The number of halogens is 1. The second-order valence-corrected chi connectivity index (χ2v) is 4.81. The zero-order valence-corrected chi connectivity index (χ0v) is 12.0. The molecule has 1 amide bonds. The van der Waals surface area contributed by atoms with Crippen LogP contribution in [-0.2, 0) is 9.53 Å². The van der Waals surface area contributed by atoms with Crippen molar-refractivity contribution < 1.29 is 19.4 Å². The number of carboxylic acid groups (broad SMARTS) is 1. The molecule has 1 heterocycles. The molecule has 7 heteroatoms. The van der Waals surface area contributed by atoms with Crippen molar-refractivity contribution in [2.75, 3.05) is 13.7 Å². The molecular weight excluding hydrogens is 316 g/mol. The first-order valence-corrected chi connectivity index (χ1v) is 6.47. The maximum absolute atomic E-state index is 11.9. The Kier molecular flexibility index (Phi) is 6.44. The van der Waals surface area contributed by atoms with Gasteiger partial charge >= 0.3 is 5.97 Å². The minimum atomic E-state index is -1.06. The standard InChI is InChI=1S/C12H15BrN2O4/c1-19-4-2-3-10(12(17)18)15-11(16)8-5-9(13)7-14-6-8/h5-7,10H,2-4H2,1H3,(H,15,16)(H,17,18). The van der Waals surface area contributed by atoms with Crippen molar-refractivity contribution in [1.82, 2.24) is 10.3 Å². The molecule has 0 fully saturated rings. The molecule has 0 spiro atoms. The highest BCUT2D eigenvalue weighted by atomic mass is 79.9. The quantitative estimate of drug-likeness (QED) is 0.739. The molecule has 6 nitrogen and oxygen atoms in total. The third-order valence-electron chi connectivity index (χ3n) is 2.41. The molecule has 0 bridgehead atoms. The molecule has 1 atom stereocenters. The van der Waals surface area contributed by atoms with Crippen molar-refractivity contribution in [2.45, 2.75) is 18.9 Å². The molecule has 1 rings (SSSR count). The van der Waals surface area contributed by atoms with Gasteiger partial charge in [0, 0.05) is 30.6 Å². The number of aliphatic carboxylic acids is 1. The molecule has 0 radical (unpaired) electrons. The number of ether oxygens (including phenoxy) is 1. The van der Waals surface area contributed by atoms with Crippen molar-refractivity contribution >= 4 is 27.8 Å². The molecule has 2 N–H and O–H groups in total. The Morgan fingerprint density at radius 2 is 2.26 bits per heavy atom. The molecule has 0 aliphatic heterocycles. The number of pyridine rings is 1. The van der Waals surface area contributed by atoms with Gasteiger partial charge in [-0.3, -0.25) is 9.78 Å². The van der Waals surface area contributed by atoms with Gasteiger partial charge < -0.3 is 15.2 Å². The number of hydrogen-bond donors (Lipinski definition) is 2. The summed E-state index contributed by atoms with van der Waals surface area (Å²) in [7, 11) is 1.54. The number of carboxylic acids is 1. The Hall–Kier alpha value is -1.47. The number of hydrogen-bond acceptors (Lipinski definition) is 4. The smallest absolute Gasteiger partial charge is 0.326 e. The van der Waals surface area contributed by atoms with Gasteiger partial charge in [0.25, 0.3) is 5.91 Å². The summed E-state index contributed by atoms with van der Waals surface area (Å²) in [6.07, 6.45) is 3.80. The van der Waals surface area contributed by atoms with Gasteiger partial charge in [0.2, 0.25) is 0 Å². The summed E-state index contributed by atoms with van der Waals surface area (Å²) in [6.45, 7) is 0.456. The summed E-state index contributed by atoms with van der Waals surface area (Å²) >= 11 is 3.20. The second-order valence-electron chi connectivity index (χ2n) is 3.89. The zero-order valence-electron chi connectivity index (χ0n) is 10.4. The number of amides is 1. The van der Waals surface area contributed by atoms with E-state index in [0.29, 0.717) is 29.5 Å². The zero-order chi connectivity index (χ0) is 14.3. The number of carbonyl (C=O) groups excluding carboxylic acids is 1. The summed E-state index contributed by atoms with van der Waals surface area (Å²) in [4.78, 5) is 26.8. The van der Waals surface area contributed by atoms with Crippen LogP contribution in [-0.4, -0.2) is 41.7 Å². The maximum Gasteiger partial charge on any atom is 0.326 e. The average molecular weight is 331 g/mol. The van der Waals surface area contributed by atoms with E-state index in [4.69, 9.17) is 9.84 Å². The fraction of sp³-hybridized carbons (Fsp3) is 0.417. The first-order valence-electron chi connectivity index (χ1n) is 5.67. The normalized spacial score (nSPS) is 11.9. The first-order chi connectivity index (χ1) is 9.04. The van der Waals surface area contributed by atoms with E-state index in [2.05, 4.69) is 26.2 Å². The van der Waals surface area contributed by atoms with E-state index in [0.717, 1.165) is 0 Å². The minimum absolute atomic E-state index is 0.312. The van der Waals surface area contributed by atoms with E-state index in [1.165, 1.54) is 6.20 Å². The minimum Gasteiger partial charge on any atom is -0.480 e. The number of rotatable bonds is 7. The predicted octanol–water partition coefficient (Wildman–Crippen LogP) is 1.45. The highest BCUT2D eigenvalue weighted by Crippen LogP contribution is 2.10. The number of carbonyl (C=O) groups is 2. The van der Waals surface area contributed by atoms with Crippen molar-refractivity contribution in [3.05, 3.63) is 28.5 Å². The van der Waals surface area contributed by atoms with Crippen molar-refractivity contribution in [3.63, 3.8) is 0 Å². The lowest BCUT2D eigenvalue weighted by Gasteiger charge is -2.14. The third-order valence-corrected chi connectivity index (χ3v) is 2.85. The van der Waals surface area contributed by atoms with Crippen molar-refractivity contribution in [1.29, 1.82) is 0 Å². The van der Waals surface area contributed by atoms with Gasteiger partial charge in [-0.15, -0.1) is 0 Å². The van der Waals surface area contributed by atoms with Crippen LogP contribution in [0.3, 0.4) is 0 Å². The highest BCUT2D eigenvalue weighted by molar-refractivity contribution is 9.10. The predicted molar refractivity (Wildman–Crippen MR) is 71.9 cm³/mol. The topological polar surface area (TPSA) is 88.5 Å². The van der Waals surface area contributed by atoms with Crippen LogP contribution in [0, 0.1) is 0 Å². The van der Waals surface area contributed by atoms with Gasteiger partial charge in [0.15, 0.2) is 0 Å². The SMILES string of the molecule is COCCCC(NC(=O)c1cncc(Br)c1)C(=O)O. The number of methoxy groups -OCH3 is 1. The third kappa shape index (κ3) is 5.35. The van der Waals surface area contributed by atoms with E-state index in [1.807, 2.05) is 0 Å². The molecule has 1 unspecified atom stereocenters. The average Bonchev–Trinajstić information content (AvgIpc) is 2.37. The highest BCUT2D eigenvalue weighted by Gasteiger charge is 2.20. The summed E-state index contributed by atoms with van der Waals surface area (Å²) in [5.74, 6) is -1.52. The van der Waals surface area contributed by atoms with Gasteiger partial charge in [-0.1, -0.05) is 0 Å². The van der Waals surface area contributed by atoms with E-state index < -0.39 is 17.9 Å². The van der Waals surface area contributed by atoms with Crippen LogP contribution in [0.4, 0.5) is 0 Å². The Balaban J connectivity index is 2.63. The van der Waals surface area contributed by atoms with Crippen molar-refractivity contribution in [3.8, 4) is 0 Å². The number of aromatic nitrogens is 1. The fourth-order valence-electron chi connectivity index (χ4n) is 1.47. The molecule has 0 saturated carbocycles. The van der Waals surface area contributed by atoms with Crippen LogP contribution in [0.15, 0.2) is 22.9 Å². The maximum atomic E-state index is 11.9. The lowest BCUT2D eigenvalue weighted by atomic mass is 10.1. The van der Waals surface area contributed by atoms with Gasteiger partial charge in [-0.2, -0.15) is 0 Å². The largest absolute Gasteiger partial charge is 0.480 e. The first kappa shape index (κ1) is 15.6. The van der Waals surface area contributed by atoms with Gasteiger partial charge in [0.1, 0.15) is 6.04 Å². The second kappa shape index (κ2) is 7.85. The monoisotopic (exact) mass is 330 g/mol. The Bertz CT molecular complexity index is 453. The Labute approximate surface area is 119 Å². The van der Waals surface area contributed by atoms with Crippen LogP contribution >= 0.6 is 15.9 Å². The van der Waals surface area contributed by atoms with Crippen LogP contribution in [0.5, 0.6) is 0 Å². The molecule has 0 aliphatic rings. The number of nitrogens with zero attached hydrogens (tertiary/aromatic N) is 1. The Morgan fingerprint density at radius 3 is 2.84 bits per heavy atom. The fourth-order valence-corrected chi connectivity index (χ4v) is 1.83. The summed E-state index contributed by atoms with van der Waals surface area (Å²) in [5.41, 5.74) is 0.312. The number of nitrogens with one attached hydrogen (secondary N) is 1. The molecule has 0 saturated heterocycles. The summed E-state index contributed by atoms with van der Waals surface area (Å²) in [5, 5.41) is 11.5. The molecular formula is C12H15BrN2O4. The lowest BCUT2D eigenvalue weighted by Crippen LogP contribution is -2.40. The lowest BCUT2D eigenvalue weighted by molar-refractivity contribution is -0.139.